The lowest BCUT2D eigenvalue weighted by Gasteiger charge is -2.30. The Labute approximate surface area is 80.4 Å². The molecule has 3 heteroatoms. The lowest BCUT2D eigenvalue weighted by molar-refractivity contribution is -0.00584. The fourth-order valence-corrected chi connectivity index (χ4v) is 1.96. The Morgan fingerprint density at radius 2 is 1.92 bits per heavy atom. The molecule has 2 heterocycles. The van der Waals surface area contributed by atoms with Crippen LogP contribution in [0, 0.1) is 0 Å². The highest BCUT2D eigenvalue weighted by atomic mass is 16.5. The number of nitrogens with one attached hydrogen (secondary N) is 1. The number of nitrogens with zero attached hydrogens (tertiary/aromatic N) is 1. The van der Waals surface area contributed by atoms with Crippen LogP contribution >= 0.6 is 0 Å². The van der Waals surface area contributed by atoms with Gasteiger partial charge in [0.2, 0.25) is 0 Å². The molecule has 0 unspecified atom stereocenters. The fraction of sp³-hybridized carbons (Fsp3) is 1.00. The molecule has 0 saturated carbocycles. The van der Waals surface area contributed by atoms with E-state index in [0.717, 1.165) is 19.8 Å². The van der Waals surface area contributed by atoms with Gasteiger partial charge in [-0.05, 0) is 25.9 Å². The van der Waals surface area contributed by atoms with E-state index in [2.05, 4.69) is 10.2 Å². The van der Waals surface area contributed by atoms with Gasteiger partial charge in [-0.2, -0.15) is 0 Å². The van der Waals surface area contributed by atoms with Gasteiger partial charge in [0.25, 0.3) is 0 Å². The van der Waals surface area contributed by atoms with Gasteiger partial charge in [-0.1, -0.05) is 6.42 Å². The van der Waals surface area contributed by atoms with Crippen LogP contribution in [0.2, 0.25) is 0 Å². The molecule has 2 aliphatic rings. The van der Waals surface area contributed by atoms with Crippen molar-refractivity contribution < 1.29 is 4.74 Å². The highest BCUT2D eigenvalue weighted by Gasteiger charge is 2.17. The van der Waals surface area contributed by atoms with E-state index < -0.39 is 0 Å². The molecule has 0 amide bonds. The monoisotopic (exact) mass is 184 g/mol. The summed E-state index contributed by atoms with van der Waals surface area (Å²) in [6.45, 7) is 6.80. The number of rotatable bonds is 4. The van der Waals surface area contributed by atoms with E-state index in [9.17, 15) is 0 Å². The number of likely N-dealkylation sites (tertiary alicyclic amines) is 1. The molecule has 13 heavy (non-hydrogen) atoms. The Hall–Kier alpha value is -0.120. The van der Waals surface area contributed by atoms with Crippen LogP contribution in [-0.2, 0) is 4.74 Å². The SMILES string of the molecule is C1CCN(CCNC2COC2)CC1. The van der Waals surface area contributed by atoms with E-state index in [-0.39, 0.29) is 0 Å². The van der Waals surface area contributed by atoms with Crippen molar-refractivity contribution in [1.82, 2.24) is 10.2 Å². The minimum absolute atomic E-state index is 0.643. The van der Waals surface area contributed by atoms with Crippen LogP contribution in [0.5, 0.6) is 0 Å². The van der Waals surface area contributed by atoms with Gasteiger partial charge in [0.05, 0.1) is 19.3 Å². The summed E-state index contributed by atoms with van der Waals surface area (Å²) < 4.78 is 5.10. The maximum absolute atomic E-state index is 5.10. The van der Waals surface area contributed by atoms with Crippen molar-refractivity contribution in [2.24, 2.45) is 0 Å². The van der Waals surface area contributed by atoms with Gasteiger partial charge in [-0.3, -0.25) is 0 Å². The molecule has 0 aliphatic carbocycles. The van der Waals surface area contributed by atoms with E-state index in [1.54, 1.807) is 0 Å². The molecule has 3 nitrogen and oxygen atoms in total. The Morgan fingerprint density at radius 3 is 2.54 bits per heavy atom. The molecule has 0 radical (unpaired) electrons. The van der Waals surface area contributed by atoms with Gasteiger partial charge < -0.3 is 15.0 Å². The molecule has 0 aromatic heterocycles. The summed E-state index contributed by atoms with van der Waals surface area (Å²) in [5.74, 6) is 0. The third kappa shape index (κ3) is 2.93. The summed E-state index contributed by atoms with van der Waals surface area (Å²) in [5, 5.41) is 3.50. The van der Waals surface area contributed by atoms with Gasteiger partial charge >= 0.3 is 0 Å². The molecular formula is C10H20N2O. The highest BCUT2D eigenvalue weighted by molar-refractivity contribution is 4.74. The minimum atomic E-state index is 0.643. The third-order valence-electron chi connectivity index (χ3n) is 2.95. The van der Waals surface area contributed by atoms with Gasteiger partial charge in [0.15, 0.2) is 0 Å². The molecule has 0 bridgehead atoms. The second-order valence-corrected chi connectivity index (χ2v) is 4.09. The normalized spacial score (nSPS) is 25.8. The lowest BCUT2D eigenvalue weighted by Crippen LogP contribution is -2.48. The Kier molecular flexibility index (Phi) is 3.58. The number of hydrogen-bond acceptors (Lipinski definition) is 3. The fourth-order valence-electron chi connectivity index (χ4n) is 1.96. The number of ether oxygens (including phenoxy) is 1. The first-order valence-electron chi connectivity index (χ1n) is 5.48. The van der Waals surface area contributed by atoms with Crippen LogP contribution in [0.15, 0.2) is 0 Å². The molecule has 76 valence electrons. The molecule has 2 fully saturated rings. The minimum Gasteiger partial charge on any atom is -0.378 e. The second-order valence-electron chi connectivity index (χ2n) is 4.09. The van der Waals surface area contributed by atoms with Crippen LogP contribution in [0.25, 0.3) is 0 Å². The van der Waals surface area contributed by atoms with Crippen LogP contribution in [-0.4, -0.2) is 50.3 Å². The molecule has 0 aromatic rings. The second kappa shape index (κ2) is 4.94. The maximum atomic E-state index is 5.10. The quantitative estimate of drug-likeness (QED) is 0.687. The summed E-state index contributed by atoms with van der Waals surface area (Å²) in [6.07, 6.45) is 4.22. The standard InChI is InChI=1S/C10H20N2O/c1-2-5-12(6-3-1)7-4-11-10-8-13-9-10/h10-11H,1-9H2. The van der Waals surface area contributed by atoms with Crippen molar-refractivity contribution in [1.29, 1.82) is 0 Å². The van der Waals surface area contributed by atoms with Crippen molar-refractivity contribution in [2.45, 2.75) is 25.3 Å². The van der Waals surface area contributed by atoms with Gasteiger partial charge in [0, 0.05) is 13.1 Å². The topological polar surface area (TPSA) is 24.5 Å². The van der Waals surface area contributed by atoms with Crippen molar-refractivity contribution in [2.75, 3.05) is 39.4 Å². The first kappa shape index (κ1) is 9.44. The Bertz CT molecular complexity index is 142. The molecule has 0 spiro atoms. The Morgan fingerprint density at radius 1 is 1.15 bits per heavy atom. The van der Waals surface area contributed by atoms with Crippen molar-refractivity contribution in [3.63, 3.8) is 0 Å². The van der Waals surface area contributed by atoms with Crippen LogP contribution in [0.1, 0.15) is 19.3 Å². The molecule has 1 N–H and O–H groups in total. The van der Waals surface area contributed by atoms with E-state index in [4.69, 9.17) is 4.74 Å². The van der Waals surface area contributed by atoms with Crippen molar-refractivity contribution in [3.8, 4) is 0 Å². The van der Waals surface area contributed by atoms with Gasteiger partial charge in [0.1, 0.15) is 0 Å². The van der Waals surface area contributed by atoms with Gasteiger partial charge in [-0.15, -0.1) is 0 Å². The molecular weight excluding hydrogens is 164 g/mol. The third-order valence-corrected chi connectivity index (χ3v) is 2.95. The summed E-state index contributed by atoms with van der Waals surface area (Å²) >= 11 is 0. The largest absolute Gasteiger partial charge is 0.378 e. The zero-order valence-corrected chi connectivity index (χ0v) is 8.30. The van der Waals surface area contributed by atoms with Crippen LogP contribution in [0.3, 0.4) is 0 Å². The van der Waals surface area contributed by atoms with Gasteiger partial charge in [-0.25, -0.2) is 0 Å². The van der Waals surface area contributed by atoms with Crippen molar-refractivity contribution in [3.05, 3.63) is 0 Å². The average Bonchev–Trinajstić information content (AvgIpc) is 2.11. The molecule has 0 aromatic carbocycles. The first-order valence-corrected chi connectivity index (χ1v) is 5.48. The highest BCUT2D eigenvalue weighted by Crippen LogP contribution is 2.07. The predicted molar refractivity (Wildman–Crippen MR) is 52.9 cm³/mol. The number of hydrogen-bond donors (Lipinski definition) is 1. The predicted octanol–water partition coefficient (Wildman–Crippen LogP) is 0.461. The van der Waals surface area contributed by atoms with E-state index in [1.165, 1.54) is 38.9 Å². The maximum Gasteiger partial charge on any atom is 0.0643 e. The molecule has 2 rings (SSSR count). The average molecular weight is 184 g/mol. The van der Waals surface area contributed by atoms with Crippen LogP contribution in [0.4, 0.5) is 0 Å². The van der Waals surface area contributed by atoms with Crippen molar-refractivity contribution >= 4 is 0 Å². The number of piperidine rings is 1. The summed E-state index contributed by atoms with van der Waals surface area (Å²) in [7, 11) is 0. The van der Waals surface area contributed by atoms with E-state index >= 15 is 0 Å². The first-order chi connectivity index (χ1) is 6.45. The van der Waals surface area contributed by atoms with E-state index in [0.29, 0.717) is 6.04 Å². The Balaban J connectivity index is 1.50. The lowest BCUT2D eigenvalue weighted by atomic mass is 10.1. The smallest absolute Gasteiger partial charge is 0.0643 e. The molecule has 2 saturated heterocycles. The summed E-state index contributed by atoms with van der Waals surface area (Å²) in [5.41, 5.74) is 0. The molecule has 0 atom stereocenters. The van der Waals surface area contributed by atoms with Crippen LogP contribution < -0.4 is 5.32 Å². The summed E-state index contributed by atoms with van der Waals surface area (Å²) in [4.78, 5) is 2.57. The zero-order valence-electron chi connectivity index (χ0n) is 8.30. The molecule has 2 aliphatic heterocycles. The summed E-state index contributed by atoms with van der Waals surface area (Å²) in [6, 6.07) is 0.643. The van der Waals surface area contributed by atoms with E-state index in [1.807, 2.05) is 0 Å². The zero-order chi connectivity index (χ0) is 8.93.